The molecule has 2 aromatic heterocycles. The normalized spacial score (nSPS) is 11.6. The zero-order valence-corrected chi connectivity index (χ0v) is 12.5. The topological polar surface area (TPSA) is 17.3 Å². The lowest BCUT2D eigenvalue weighted by molar-refractivity contribution is 1.28. The highest BCUT2D eigenvalue weighted by Crippen LogP contribution is 2.31. The van der Waals surface area contributed by atoms with Gasteiger partial charge < -0.3 is 0 Å². The molecule has 22 heavy (non-hydrogen) atoms. The SMILES string of the molecule is c1ccc2cc(-c3csc4nc5ccccc5n34)ccc2c1. The van der Waals surface area contributed by atoms with Gasteiger partial charge in [0.1, 0.15) is 0 Å². The summed E-state index contributed by atoms with van der Waals surface area (Å²) in [7, 11) is 0. The predicted octanol–water partition coefficient (Wildman–Crippen LogP) is 5.37. The second-order valence-electron chi connectivity index (χ2n) is 5.40. The minimum Gasteiger partial charge on any atom is -0.283 e. The van der Waals surface area contributed by atoms with Gasteiger partial charge in [-0.25, -0.2) is 4.98 Å². The smallest absolute Gasteiger partial charge is 0.195 e. The van der Waals surface area contributed by atoms with Crippen molar-refractivity contribution in [3.63, 3.8) is 0 Å². The predicted molar refractivity (Wildman–Crippen MR) is 93.5 cm³/mol. The van der Waals surface area contributed by atoms with Crippen LogP contribution in [0.1, 0.15) is 0 Å². The number of thiazole rings is 1. The van der Waals surface area contributed by atoms with Gasteiger partial charge in [0.2, 0.25) is 0 Å². The second kappa shape index (κ2) is 4.42. The molecule has 2 heterocycles. The number of benzene rings is 3. The average Bonchev–Trinajstić information content (AvgIpc) is 3.13. The molecule has 0 aliphatic heterocycles. The van der Waals surface area contributed by atoms with Gasteiger partial charge in [0, 0.05) is 10.9 Å². The molecule has 0 bridgehead atoms. The molecular weight excluding hydrogens is 288 g/mol. The van der Waals surface area contributed by atoms with Crippen molar-refractivity contribution in [1.29, 1.82) is 0 Å². The van der Waals surface area contributed by atoms with Crippen LogP contribution in [0.4, 0.5) is 0 Å². The quantitative estimate of drug-likeness (QED) is 0.407. The van der Waals surface area contributed by atoms with Gasteiger partial charge in [-0.15, -0.1) is 11.3 Å². The zero-order chi connectivity index (χ0) is 14.5. The fourth-order valence-electron chi connectivity index (χ4n) is 3.02. The minimum atomic E-state index is 1.05. The summed E-state index contributed by atoms with van der Waals surface area (Å²) in [5.74, 6) is 0. The van der Waals surface area contributed by atoms with E-state index in [9.17, 15) is 0 Å². The summed E-state index contributed by atoms with van der Waals surface area (Å²) in [5, 5.41) is 4.73. The highest BCUT2D eigenvalue weighted by atomic mass is 32.1. The number of aromatic nitrogens is 2. The van der Waals surface area contributed by atoms with Crippen LogP contribution in [-0.2, 0) is 0 Å². The summed E-state index contributed by atoms with van der Waals surface area (Å²) < 4.78 is 2.25. The number of para-hydroxylation sites is 2. The lowest BCUT2D eigenvalue weighted by Gasteiger charge is -2.04. The maximum absolute atomic E-state index is 4.71. The Morgan fingerprint density at radius 1 is 0.818 bits per heavy atom. The van der Waals surface area contributed by atoms with E-state index in [2.05, 4.69) is 70.4 Å². The molecule has 0 unspecified atom stereocenters. The molecule has 2 nitrogen and oxygen atoms in total. The molecule has 0 spiro atoms. The Morgan fingerprint density at radius 3 is 2.59 bits per heavy atom. The van der Waals surface area contributed by atoms with Crippen LogP contribution in [0, 0.1) is 0 Å². The maximum Gasteiger partial charge on any atom is 0.195 e. The summed E-state index contributed by atoms with van der Waals surface area (Å²) in [6.07, 6.45) is 0. The van der Waals surface area contributed by atoms with E-state index < -0.39 is 0 Å². The van der Waals surface area contributed by atoms with Crippen molar-refractivity contribution in [3.8, 4) is 11.3 Å². The highest BCUT2D eigenvalue weighted by molar-refractivity contribution is 7.15. The third-order valence-electron chi connectivity index (χ3n) is 4.09. The van der Waals surface area contributed by atoms with Crippen LogP contribution in [-0.4, -0.2) is 9.38 Å². The Balaban J connectivity index is 1.84. The fourth-order valence-corrected chi connectivity index (χ4v) is 3.93. The first-order valence-corrected chi connectivity index (χ1v) is 8.12. The molecular formula is C19H12N2S. The van der Waals surface area contributed by atoms with Crippen molar-refractivity contribution in [2.45, 2.75) is 0 Å². The molecule has 0 saturated carbocycles. The molecule has 104 valence electrons. The molecule has 0 saturated heterocycles. The van der Waals surface area contributed by atoms with Crippen molar-refractivity contribution in [1.82, 2.24) is 9.38 Å². The third kappa shape index (κ3) is 1.63. The monoisotopic (exact) mass is 300 g/mol. The number of hydrogen-bond acceptors (Lipinski definition) is 2. The van der Waals surface area contributed by atoms with Gasteiger partial charge in [-0.2, -0.15) is 0 Å². The van der Waals surface area contributed by atoms with Gasteiger partial charge in [-0.05, 0) is 29.0 Å². The largest absolute Gasteiger partial charge is 0.283 e. The van der Waals surface area contributed by atoms with Crippen LogP contribution in [0.3, 0.4) is 0 Å². The van der Waals surface area contributed by atoms with Crippen molar-refractivity contribution >= 4 is 38.1 Å². The molecule has 0 atom stereocenters. The van der Waals surface area contributed by atoms with E-state index in [1.54, 1.807) is 11.3 Å². The summed E-state index contributed by atoms with van der Waals surface area (Å²) >= 11 is 1.69. The van der Waals surface area contributed by atoms with Crippen molar-refractivity contribution in [2.24, 2.45) is 0 Å². The van der Waals surface area contributed by atoms with Crippen LogP contribution < -0.4 is 0 Å². The average molecular weight is 300 g/mol. The van der Waals surface area contributed by atoms with Crippen molar-refractivity contribution < 1.29 is 0 Å². The Labute approximate surface area is 131 Å². The summed E-state index contributed by atoms with van der Waals surface area (Å²) in [4.78, 5) is 5.75. The number of rotatable bonds is 1. The highest BCUT2D eigenvalue weighted by Gasteiger charge is 2.11. The van der Waals surface area contributed by atoms with E-state index >= 15 is 0 Å². The first-order chi connectivity index (χ1) is 10.9. The van der Waals surface area contributed by atoms with E-state index in [0.717, 1.165) is 10.5 Å². The molecule has 0 aliphatic rings. The van der Waals surface area contributed by atoms with E-state index in [-0.39, 0.29) is 0 Å². The van der Waals surface area contributed by atoms with E-state index in [1.807, 2.05) is 6.07 Å². The maximum atomic E-state index is 4.71. The molecule has 3 heteroatoms. The number of nitrogens with zero attached hydrogens (tertiary/aromatic N) is 2. The second-order valence-corrected chi connectivity index (χ2v) is 6.24. The molecule has 3 aromatic carbocycles. The molecule has 0 N–H and O–H groups in total. The van der Waals surface area contributed by atoms with Crippen molar-refractivity contribution in [2.75, 3.05) is 0 Å². The number of hydrogen-bond donors (Lipinski definition) is 0. The van der Waals surface area contributed by atoms with Crippen LogP contribution in [0.25, 0.3) is 38.0 Å². The first kappa shape index (κ1) is 12.0. The van der Waals surface area contributed by atoms with Crippen LogP contribution in [0.15, 0.2) is 72.1 Å². The van der Waals surface area contributed by atoms with E-state index in [0.29, 0.717) is 0 Å². The molecule has 0 radical (unpaired) electrons. The van der Waals surface area contributed by atoms with Gasteiger partial charge in [-0.1, -0.05) is 48.5 Å². The molecule has 5 aromatic rings. The van der Waals surface area contributed by atoms with Crippen LogP contribution in [0.5, 0.6) is 0 Å². The Bertz CT molecular complexity index is 1130. The summed E-state index contributed by atoms with van der Waals surface area (Å²) in [5.41, 5.74) is 4.66. The molecule has 0 amide bonds. The Kier molecular flexibility index (Phi) is 2.40. The van der Waals surface area contributed by atoms with Crippen LogP contribution in [0.2, 0.25) is 0 Å². The fraction of sp³-hybridized carbons (Fsp3) is 0. The van der Waals surface area contributed by atoms with E-state index in [4.69, 9.17) is 4.98 Å². The van der Waals surface area contributed by atoms with Gasteiger partial charge in [0.25, 0.3) is 0 Å². The number of imidazole rings is 1. The molecule has 5 rings (SSSR count). The van der Waals surface area contributed by atoms with Gasteiger partial charge in [0.15, 0.2) is 4.96 Å². The van der Waals surface area contributed by atoms with Gasteiger partial charge >= 0.3 is 0 Å². The zero-order valence-electron chi connectivity index (χ0n) is 11.7. The minimum absolute atomic E-state index is 1.05. The lowest BCUT2D eigenvalue weighted by atomic mass is 10.1. The molecule has 0 aliphatic carbocycles. The third-order valence-corrected chi connectivity index (χ3v) is 4.92. The van der Waals surface area contributed by atoms with Gasteiger partial charge in [-0.3, -0.25) is 4.40 Å². The standard InChI is InChI=1S/C19H12N2S/c1-2-6-14-11-15(10-9-13(14)5-1)18-12-22-19-20-16-7-3-4-8-17(16)21(18)19/h1-12H. The van der Waals surface area contributed by atoms with Gasteiger partial charge in [0.05, 0.1) is 16.7 Å². The first-order valence-electron chi connectivity index (χ1n) is 7.24. The Morgan fingerprint density at radius 2 is 1.64 bits per heavy atom. The van der Waals surface area contributed by atoms with Crippen LogP contribution >= 0.6 is 11.3 Å². The molecule has 0 fully saturated rings. The number of fused-ring (bicyclic) bond motifs is 4. The lowest BCUT2D eigenvalue weighted by Crippen LogP contribution is -1.86. The van der Waals surface area contributed by atoms with Crippen molar-refractivity contribution in [3.05, 3.63) is 72.1 Å². The Hall–Kier alpha value is -2.65. The van der Waals surface area contributed by atoms with E-state index in [1.165, 1.54) is 27.5 Å². The summed E-state index contributed by atoms with van der Waals surface area (Å²) in [6, 6.07) is 23.4. The summed E-state index contributed by atoms with van der Waals surface area (Å²) in [6.45, 7) is 0.